The Morgan fingerprint density at radius 1 is 0.921 bits per heavy atom. The van der Waals surface area contributed by atoms with E-state index < -0.39 is 11.2 Å². The van der Waals surface area contributed by atoms with Gasteiger partial charge in [-0.1, -0.05) is 0 Å². The number of hydrogen-bond donors (Lipinski definition) is 0. The van der Waals surface area contributed by atoms with Gasteiger partial charge in [-0.3, -0.25) is 9.67 Å². The highest BCUT2D eigenvalue weighted by molar-refractivity contribution is 7.81. The van der Waals surface area contributed by atoms with Crippen LogP contribution in [0.15, 0.2) is 67.5 Å². The summed E-state index contributed by atoms with van der Waals surface area (Å²) in [5, 5.41) is 4.27. The van der Waals surface area contributed by atoms with Gasteiger partial charge < -0.3 is 14.4 Å². The third-order valence-electron chi connectivity index (χ3n) is 5.91. The molecule has 38 heavy (non-hydrogen) atoms. The predicted molar refractivity (Wildman–Crippen MR) is 147 cm³/mol. The van der Waals surface area contributed by atoms with Crippen LogP contribution in [0.5, 0.6) is 11.5 Å². The highest BCUT2D eigenvalue weighted by Crippen LogP contribution is 2.34. The quantitative estimate of drug-likeness (QED) is 0.284. The topological polar surface area (TPSA) is 103 Å². The molecule has 0 saturated carbocycles. The predicted octanol–water partition coefficient (Wildman–Crippen LogP) is 3.57. The van der Waals surface area contributed by atoms with Gasteiger partial charge >= 0.3 is 0 Å². The van der Waals surface area contributed by atoms with Gasteiger partial charge in [0.05, 0.1) is 49.4 Å². The third-order valence-corrected chi connectivity index (χ3v) is 7.10. The van der Waals surface area contributed by atoms with Crippen LogP contribution < -0.4 is 14.4 Å². The molecule has 0 aliphatic heterocycles. The molecule has 4 aromatic heterocycles. The normalized spacial score (nSPS) is 12.2. The van der Waals surface area contributed by atoms with Crippen LogP contribution in [0.3, 0.4) is 0 Å². The number of hydrogen-bond acceptors (Lipinski definition) is 8. The van der Waals surface area contributed by atoms with E-state index in [1.165, 1.54) is 0 Å². The maximum atomic E-state index is 12.5. The van der Waals surface area contributed by atoms with Gasteiger partial charge in [0.2, 0.25) is 11.2 Å². The number of imidazole rings is 1. The molecular formula is C26H28N8O3S. The molecular weight excluding hydrogens is 504 g/mol. The van der Waals surface area contributed by atoms with Crippen molar-refractivity contribution in [3.05, 3.63) is 73.2 Å². The molecule has 0 aliphatic rings. The molecule has 0 spiro atoms. The van der Waals surface area contributed by atoms with Crippen molar-refractivity contribution in [2.45, 2.75) is 6.54 Å². The first-order chi connectivity index (χ1) is 18.3. The van der Waals surface area contributed by atoms with Crippen molar-refractivity contribution in [1.82, 2.24) is 33.0 Å². The second kappa shape index (κ2) is 10.6. The molecule has 0 N–H and O–H groups in total. The number of aryl methyl sites for hydroxylation is 1. The Morgan fingerprint density at radius 3 is 2.34 bits per heavy atom. The minimum atomic E-state index is -1.37. The van der Waals surface area contributed by atoms with E-state index in [2.05, 4.69) is 15.1 Å². The molecule has 196 valence electrons. The first-order valence-electron chi connectivity index (χ1n) is 11.7. The van der Waals surface area contributed by atoms with Crippen molar-refractivity contribution in [2.75, 3.05) is 33.2 Å². The summed E-state index contributed by atoms with van der Waals surface area (Å²) in [4.78, 5) is 16.1. The Bertz CT molecular complexity index is 1590. The van der Waals surface area contributed by atoms with Gasteiger partial charge in [0, 0.05) is 69.1 Å². The Balaban J connectivity index is 1.59. The van der Waals surface area contributed by atoms with E-state index in [4.69, 9.17) is 14.5 Å². The Labute approximate surface area is 223 Å². The van der Waals surface area contributed by atoms with Crippen LogP contribution in [-0.4, -0.2) is 65.5 Å². The van der Waals surface area contributed by atoms with Crippen LogP contribution in [0, 0.1) is 0 Å². The first kappa shape index (κ1) is 25.4. The van der Waals surface area contributed by atoms with Crippen LogP contribution in [0.4, 0.5) is 11.5 Å². The molecule has 5 rings (SSSR count). The van der Waals surface area contributed by atoms with Gasteiger partial charge in [0.1, 0.15) is 23.6 Å². The summed E-state index contributed by atoms with van der Waals surface area (Å²) in [5.41, 5.74) is 4.91. The van der Waals surface area contributed by atoms with Gasteiger partial charge in [-0.25, -0.2) is 22.5 Å². The highest BCUT2D eigenvalue weighted by atomic mass is 32.2. The highest BCUT2D eigenvalue weighted by Gasteiger charge is 2.18. The first-order valence-corrected chi connectivity index (χ1v) is 12.8. The minimum absolute atomic E-state index is 0.363. The number of benzene rings is 1. The van der Waals surface area contributed by atoms with Crippen LogP contribution in [0.25, 0.3) is 22.2 Å². The van der Waals surface area contributed by atoms with Crippen LogP contribution >= 0.6 is 0 Å². The van der Waals surface area contributed by atoms with Crippen LogP contribution in [0.1, 0.15) is 5.69 Å². The van der Waals surface area contributed by atoms with Crippen molar-refractivity contribution in [3.8, 4) is 22.6 Å². The molecule has 0 bridgehead atoms. The standard InChI is InChI=1S/C26H28N8O3S/c1-31(2)38(35)33-15-20(28-17-33)16-34(21-9-22(36-4)11-23(10-21)37-5)26-7-6-24-25(30-26)8-18(12-27-24)19-13-29-32(3)14-19/h6-15,17H,16H2,1-5H3. The molecule has 4 heterocycles. The van der Waals surface area contributed by atoms with Crippen molar-refractivity contribution in [1.29, 1.82) is 0 Å². The number of aromatic nitrogens is 6. The number of fused-ring (bicyclic) bond motifs is 1. The van der Waals surface area contributed by atoms with Crippen molar-refractivity contribution in [2.24, 2.45) is 7.05 Å². The number of pyridine rings is 2. The number of rotatable bonds is 9. The average Bonchev–Trinajstić information content (AvgIpc) is 3.59. The lowest BCUT2D eigenvalue weighted by Gasteiger charge is -2.24. The van der Waals surface area contributed by atoms with E-state index in [0.717, 1.165) is 27.8 Å². The lowest BCUT2D eigenvalue weighted by Crippen LogP contribution is -2.21. The molecule has 1 aromatic carbocycles. The van der Waals surface area contributed by atoms with Crippen molar-refractivity contribution < 1.29 is 13.7 Å². The molecule has 0 fully saturated rings. The zero-order valence-corrected chi connectivity index (χ0v) is 22.6. The van der Waals surface area contributed by atoms with E-state index >= 15 is 0 Å². The summed E-state index contributed by atoms with van der Waals surface area (Å²) in [5.74, 6) is 1.97. The van der Waals surface area contributed by atoms with E-state index in [-0.39, 0.29) is 0 Å². The summed E-state index contributed by atoms with van der Waals surface area (Å²) in [6.07, 6.45) is 8.89. The largest absolute Gasteiger partial charge is 0.497 e. The molecule has 0 radical (unpaired) electrons. The number of anilines is 2. The molecule has 1 atom stereocenters. The van der Waals surface area contributed by atoms with Crippen molar-refractivity contribution >= 4 is 33.7 Å². The summed E-state index contributed by atoms with van der Waals surface area (Å²) in [7, 11) is 8.60. The van der Waals surface area contributed by atoms with Crippen LogP contribution in [-0.2, 0) is 24.8 Å². The third kappa shape index (κ3) is 5.22. The maximum absolute atomic E-state index is 12.5. The van der Waals surface area contributed by atoms with Crippen LogP contribution in [0.2, 0.25) is 0 Å². The average molecular weight is 533 g/mol. The maximum Gasteiger partial charge on any atom is 0.203 e. The molecule has 0 amide bonds. The monoisotopic (exact) mass is 532 g/mol. The SMILES string of the molecule is COc1cc(OC)cc(N(Cc2cn(S(=O)N(C)C)cn2)c2ccc3ncc(-c4cnn(C)c4)cc3n2)c1. The molecule has 1 unspecified atom stereocenters. The van der Waals surface area contributed by atoms with Gasteiger partial charge in [-0.15, -0.1) is 0 Å². The van der Waals surface area contributed by atoms with E-state index in [9.17, 15) is 4.21 Å². The number of methoxy groups -OCH3 is 2. The second-order valence-electron chi connectivity index (χ2n) is 8.76. The molecule has 5 aromatic rings. The number of nitrogens with zero attached hydrogens (tertiary/aromatic N) is 8. The van der Waals surface area contributed by atoms with Gasteiger partial charge in [-0.2, -0.15) is 5.10 Å². The minimum Gasteiger partial charge on any atom is -0.497 e. The van der Waals surface area contributed by atoms with Gasteiger partial charge in [0.15, 0.2) is 0 Å². The van der Waals surface area contributed by atoms with E-state index in [1.54, 1.807) is 60.0 Å². The van der Waals surface area contributed by atoms with Crippen molar-refractivity contribution in [3.63, 3.8) is 0 Å². The molecule has 0 aliphatic carbocycles. The summed E-state index contributed by atoms with van der Waals surface area (Å²) < 4.78 is 28.5. The molecule has 0 saturated heterocycles. The fourth-order valence-electron chi connectivity index (χ4n) is 3.99. The lowest BCUT2D eigenvalue weighted by molar-refractivity contribution is 0.394. The van der Waals surface area contributed by atoms with E-state index in [0.29, 0.717) is 29.6 Å². The lowest BCUT2D eigenvalue weighted by atomic mass is 10.1. The second-order valence-corrected chi connectivity index (χ2v) is 10.4. The molecule has 11 nitrogen and oxygen atoms in total. The summed E-state index contributed by atoms with van der Waals surface area (Å²) in [6, 6.07) is 11.5. The number of ether oxygens (including phenoxy) is 2. The fraction of sp³-hybridized carbons (Fsp3) is 0.231. The Hall–Kier alpha value is -4.29. The Morgan fingerprint density at radius 2 is 1.68 bits per heavy atom. The smallest absolute Gasteiger partial charge is 0.203 e. The zero-order valence-electron chi connectivity index (χ0n) is 21.8. The fourth-order valence-corrected chi connectivity index (χ4v) is 4.71. The van der Waals surface area contributed by atoms with Gasteiger partial charge in [-0.05, 0) is 18.2 Å². The summed E-state index contributed by atoms with van der Waals surface area (Å²) in [6.45, 7) is 0.363. The van der Waals surface area contributed by atoms with E-state index in [1.807, 2.05) is 60.7 Å². The molecule has 12 heteroatoms. The zero-order chi connectivity index (χ0) is 26.8. The Kier molecular flexibility index (Phi) is 7.07. The van der Waals surface area contributed by atoms with Gasteiger partial charge in [0.25, 0.3) is 0 Å². The summed E-state index contributed by atoms with van der Waals surface area (Å²) >= 11 is -1.37.